The van der Waals surface area contributed by atoms with E-state index in [9.17, 15) is 0 Å². The Hall–Kier alpha value is -1.52. The minimum atomic E-state index is -0.541. The van der Waals surface area contributed by atoms with Crippen LogP contribution in [-0.2, 0) is 0 Å². The Morgan fingerprint density at radius 1 is 0.240 bits per heavy atom. The van der Waals surface area contributed by atoms with E-state index in [2.05, 4.69) is 259 Å². The number of hydrogen-bond acceptors (Lipinski definition) is 0. The van der Waals surface area contributed by atoms with E-state index >= 15 is 0 Å². The quantitative estimate of drug-likeness (QED) is 0.104. The van der Waals surface area contributed by atoms with Gasteiger partial charge in [0.15, 0.2) is 0 Å². The number of anilines is 4. The zero-order chi connectivity index (χ0) is 74.8. The van der Waals surface area contributed by atoms with Crippen molar-refractivity contribution < 1.29 is 0 Å². The lowest BCUT2D eigenvalue weighted by molar-refractivity contribution is 0.255. The molecule has 0 atom stereocenters. The number of para-hydroxylation sites is 4. The molecule has 0 radical (unpaired) electrons. The summed E-state index contributed by atoms with van der Waals surface area (Å²) in [6.45, 7) is 60.2. The minimum Gasteiger partial charge on any atom is -0.334 e. The second-order valence-electron chi connectivity index (χ2n) is 39.8. The van der Waals surface area contributed by atoms with Crippen LogP contribution in [-0.4, -0.2) is 43.8 Å². The second kappa shape index (κ2) is 30.8. The van der Waals surface area contributed by atoms with Crippen molar-refractivity contribution in [3.05, 3.63) is 117 Å². The monoisotopic (exact) mass is 1550 g/mol. The first-order valence-electron chi connectivity index (χ1n) is 42.4. The molecule has 104 heavy (non-hydrogen) atoms. The molecule has 5 aliphatic heterocycles. The summed E-state index contributed by atoms with van der Waals surface area (Å²) < 4.78 is 0. The summed E-state index contributed by atoms with van der Waals surface area (Å²) in [6.07, 6.45) is 32.5. The Kier molecular flexibility index (Phi) is 23.8. The molecule has 12 heteroatoms. The number of nitrogens with zero attached hydrogens (tertiary/aromatic N) is 4. The molecule has 4 nitrogen and oxygen atoms in total. The van der Waals surface area contributed by atoms with E-state index in [-0.39, 0.29) is 43.8 Å². The van der Waals surface area contributed by atoms with Crippen molar-refractivity contribution in [3.8, 4) is 0 Å². The molecule has 4 saturated carbocycles. The summed E-state index contributed by atoms with van der Waals surface area (Å²) in [5.41, 5.74) is 27.5. The summed E-state index contributed by atoms with van der Waals surface area (Å²) in [4.78, 5) is 12.9. The summed E-state index contributed by atoms with van der Waals surface area (Å²) in [7, 11) is 7.17. The number of rotatable bonds is 16. The van der Waals surface area contributed by atoms with Crippen molar-refractivity contribution in [3.63, 3.8) is 0 Å². The fourth-order valence-electron chi connectivity index (χ4n) is 22.8. The molecule has 568 valence electrons. The Bertz CT molecular complexity index is 3290. The fraction of sp³-hybridized carbons (Fsp3) is 0.696. The maximum Gasteiger partial charge on any atom is 0.0532 e. The van der Waals surface area contributed by atoms with E-state index in [1.807, 2.05) is 21.7 Å². The van der Waals surface area contributed by atoms with Crippen LogP contribution in [0.4, 0.5) is 22.7 Å². The topological polar surface area (TPSA) is 13.0 Å². The van der Waals surface area contributed by atoms with Crippen LogP contribution in [0, 0.1) is 21.7 Å². The van der Waals surface area contributed by atoms with Crippen molar-refractivity contribution in [1.82, 2.24) is 0 Å². The molecular weight excluding hydrogens is 1410 g/mol. The molecule has 0 amide bonds. The van der Waals surface area contributed by atoms with Gasteiger partial charge in [-0.25, -0.2) is 0 Å². The van der Waals surface area contributed by atoms with Gasteiger partial charge in [0.1, 0.15) is 0 Å². The smallest absolute Gasteiger partial charge is 0.0532 e. The van der Waals surface area contributed by atoms with E-state index in [1.54, 1.807) is 98.8 Å². The van der Waals surface area contributed by atoms with E-state index in [4.69, 9.17) is 0 Å². The Balaban J connectivity index is 1.22. The highest BCUT2D eigenvalue weighted by Crippen LogP contribution is 3.31. The molecule has 0 unspecified atom stereocenters. The van der Waals surface area contributed by atoms with E-state index in [0.717, 1.165) is 0 Å². The first-order chi connectivity index (χ1) is 49.1. The summed E-state index contributed by atoms with van der Waals surface area (Å²) >= 11 is 0. The molecule has 9 aliphatic rings. The van der Waals surface area contributed by atoms with Crippen molar-refractivity contribution in [2.45, 2.75) is 390 Å². The average Bonchev–Trinajstić information content (AvgIpc) is 1.53. The Morgan fingerprint density at radius 3 is 0.519 bits per heavy atom. The molecule has 4 aromatic rings. The highest BCUT2D eigenvalue weighted by atomic mass is 33.4. The third-order valence-corrected chi connectivity index (χ3v) is 93.4. The van der Waals surface area contributed by atoms with Crippen molar-refractivity contribution >= 4 is 104 Å². The zero-order valence-corrected chi connectivity index (χ0v) is 77.0. The maximum atomic E-state index is 3.23. The molecule has 5 saturated heterocycles. The number of benzene rings is 4. The first-order valence-corrected chi connectivity index (χ1v) is 56.9. The van der Waals surface area contributed by atoms with Crippen LogP contribution in [0.15, 0.2) is 72.8 Å². The maximum absolute atomic E-state index is 3.23. The molecule has 0 bridgehead atoms. The molecule has 0 aromatic heterocycles. The van der Waals surface area contributed by atoms with Crippen molar-refractivity contribution in [2.24, 2.45) is 21.7 Å². The highest BCUT2D eigenvalue weighted by Gasteiger charge is 2.63. The van der Waals surface area contributed by atoms with Gasteiger partial charge in [-0.05, 0) is 256 Å². The van der Waals surface area contributed by atoms with Crippen LogP contribution in [0.3, 0.4) is 0 Å². The van der Waals surface area contributed by atoms with Gasteiger partial charge in [-0.3, -0.25) is 0 Å². The summed E-state index contributed by atoms with van der Waals surface area (Å²) in [5, 5.41) is 0. The highest BCUT2D eigenvalue weighted by molar-refractivity contribution is 9.36. The molecule has 4 aromatic carbocycles. The summed E-state index contributed by atoms with van der Waals surface area (Å²) in [5.74, 6) is 3.45. The molecule has 9 fully saturated rings. The third kappa shape index (κ3) is 14.4. The van der Waals surface area contributed by atoms with Crippen LogP contribution in [0.2, 0.25) is 0 Å². The molecule has 4 aliphatic carbocycles. The molecule has 13 rings (SSSR count). The van der Waals surface area contributed by atoms with Crippen molar-refractivity contribution in [2.75, 3.05) is 19.6 Å². The van der Waals surface area contributed by atoms with Gasteiger partial charge in [0.2, 0.25) is 0 Å². The zero-order valence-electron chi connectivity index (χ0n) is 69.9. The van der Waals surface area contributed by atoms with Crippen LogP contribution in [0.1, 0.15) is 412 Å². The van der Waals surface area contributed by atoms with Crippen LogP contribution < -0.4 is 19.6 Å². The van der Waals surface area contributed by atoms with Gasteiger partial charge < -0.3 is 19.6 Å². The van der Waals surface area contributed by atoms with Crippen LogP contribution in [0.25, 0.3) is 0 Å². The van der Waals surface area contributed by atoms with Gasteiger partial charge in [0.25, 0.3) is 0 Å². The van der Waals surface area contributed by atoms with Gasteiger partial charge >= 0.3 is 0 Å². The number of hydrogen-bond donors (Lipinski definition) is 0. The van der Waals surface area contributed by atoms with Crippen LogP contribution >= 0.6 is 59.5 Å². The third-order valence-electron chi connectivity index (χ3n) is 27.1. The Morgan fingerprint density at radius 2 is 0.385 bits per heavy atom. The van der Waals surface area contributed by atoms with Crippen molar-refractivity contribution in [1.29, 1.82) is 0 Å². The molecule has 4 spiro atoms. The van der Waals surface area contributed by atoms with Gasteiger partial charge in [-0.15, -0.1) is 0 Å². The molecule has 5 heterocycles. The lowest BCUT2D eigenvalue weighted by atomic mass is 9.71. The van der Waals surface area contributed by atoms with Gasteiger partial charge in [0.05, 0.1) is 21.7 Å². The largest absolute Gasteiger partial charge is 0.334 e. The van der Waals surface area contributed by atoms with Gasteiger partial charge in [-0.2, -0.15) is 0 Å². The van der Waals surface area contributed by atoms with E-state index in [0.29, 0.717) is 47.3 Å². The minimum absolute atomic E-state index is 0.0164. The normalized spacial score (nSPS) is 27.6. The van der Waals surface area contributed by atoms with E-state index in [1.165, 1.54) is 154 Å². The average molecular weight is 1550 g/mol. The predicted molar refractivity (Wildman–Crippen MR) is 481 cm³/mol. The van der Waals surface area contributed by atoms with Gasteiger partial charge in [0, 0.05) is 94.5 Å². The second-order valence-corrected chi connectivity index (χ2v) is 72.6. The molecular formula is C92H140N4P8. The Labute approximate surface area is 647 Å². The SMILES string of the molecule is CC(C)c1cccc(C(C)C)c1N1C(=PP2P(P=C3N(c4c(C(C)C)cccc4C(C)C)C(C)(C)CC34CCCCC4)P(P=C3N(c4c(C(C)C)cccc4C(C)C)C(C)(C)CC34CCCCC4)P2P=C2N(c3c(C(C)C)cccc3C(C)C)C(C)(C)CC23CCCCC3)C2(CCCCC2)CC1(C)C. The lowest BCUT2D eigenvalue weighted by Crippen LogP contribution is -2.43. The first kappa shape index (κ1) is 80.5. The van der Waals surface area contributed by atoms with Gasteiger partial charge in [-0.1, -0.05) is 261 Å². The van der Waals surface area contributed by atoms with E-state index < -0.39 is 27.9 Å². The standard InChI is InChI=1S/C92H140N4P8/c1-61(2)69-41-37-42-70(62(3)4)77(69)93-81(89(57-85(93,17)18)49-29-25-30-50-89)97-101-102(98-82-90(51-31-26-32-52-90)58-86(19,20)94(82)78-71(63(5)6)43-38-44-72(78)64(7)8)104(100-84-92(55-35-28-36-56-92)60-88(23,24)96(84)80-75(67(13)14)47-40-48-76(80)68(15)16)103(101)99-83-91(53-33-27-34-54-91)59-87(21,22)95(83)79-73(65(9)10)45-39-46-74(79)66(11)12/h37-48,61-68H,25-36,49-60H2,1-24H3. The van der Waals surface area contributed by atoms with Crippen LogP contribution in [0.5, 0.6) is 0 Å². The summed E-state index contributed by atoms with van der Waals surface area (Å²) in [6, 6.07) is 30.4. The fourth-order valence-corrected chi connectivity index (χ4v) is 120. The lowest BCUT2D eigenvalue weighted by Gasteiger charge is -2.50. The molecule has 0 N–H and O–H groups in total. The predicted octanol–water partition coefficient (Wildman–Crippen LogP) is 33.1.